The van der Waals surface area contributed by atoms with Crippen molar-refractivity contribution in [3.05, 3.63) is 106 Å². The van der Waals surface area contributed by atoms with Crippen molar-refractivity contribution >= 4 is 22.7 Å². The summed E-state index contributed by atoms with van der Waals surface area (Å²) in [4.78, 5) is 18.1. The maximum Gasteiger partial charge on any atom is 0.262 e. The highest BCUT2D eigenvalue weighted by Crippen LogP contribution is 2.27. The Morgan fingerprint density at radius 2 is 1.79 bits per heavy atom. The van der Waals surface area contributed by atoms with Gasteiger partial charge in [-0.3, -0.25) is 9.36 Å². The Kier molecular flexibility index (Phi) is 5.46. The molecule has 5 heteroatoms. The van der Waals surface area contributed by atoms with E-state index in [-0.39, 0.29) is 11.6 Å². The van der Waals surface area contributed by atoms with Crippen LogP contribution in [0.15, 0.2) is 88.8 Å². The molecule has 0 bridgehead atoms. The third-order valence-corrected chi connectivity index (χ3v) is 5.89. The van der Waals surface area contributed by atoms with Crippen molar-refractivity contribution in [2.45, 2.75) is 23.9 Å². The normalized spacial score (nSPS) is 11.9. The third-order valence-electron chi connectivity index (χ3n) is 4.87. The van der Waals surface area contributed by atoms with Crippen molar-refractivity contribution in [3.63, 3.8) is 0 Å². The lowest BCUT2D eigenvalue weighted by Crippen LogP contribution is -2.27. The average Bonchev–Trinajstić information content (AvgIpc) is 2.78. The van der Waals surface area contributed by atoms with E-state index in [1.54, 1.807) is 10.6 Å². The molecule has 0 amide bonds. The highest BCUT2D eigenvalue weighted by molar-refractivity contribution is 7.98. The largest absolute Gasteiger partial charge is 0.280 e. The number of benzene rings is 3. The zero-order valence-corrected chi connectivity index (χ0v) is 16.8. The molecule has 0 saturated carbocycles. The third kappa shape index (κ3) is 3.94. The molecule has 0 saturated heterocycles. The van der Waals surface area contributed by atoms with E-state index in [0.717, 1.165) is 11.1 Å². The monoisotopic (exact) mass is 397 g/mol. The molecule has 4 rings (SSSR count). The van der Waals surface area contributed by atoms with E-state index >= 15 is 0 Å². The molecule has 4 nitrogen and oxygen atoms in total. The van der Waals surface area contributed by atoms with E-state index in [2.05, 4.69) is 6.07 Å². The van der Waals surface area contributed by atoms with Crippen LogP contribution < -0.4 is 5.56 Å². The molecule has 0 fully saturated rings. The molecule has 3 aromatic carbocycles. The number of nitrogens with zero attached hydrogens (tertiary/aromatic N) is 3. The van der Waals surface area contributed by atoms with Crippen molar-refractivity contribution in [1.82, 2.24) is 9.55 Å². The summed E-state index contributed by atoms with van der Waals surface area (Å²) in [5, 5.41) is 10.4. The molecular formula is C24H19N3OS. The van der Waals surface area contributed by atoms with Gasteiger partial charge in [0.1, 0.15) is 0 Å². The van der Waals surface area contributed by atoms with Crippen molar-refractivity contribution in [1.29, 1.82) is 5.26 Å². The van der Waals surface area contributed by atoms with Gasteiger partial charge in [0.05, 0.1) is 28.6 Å². The topological polar surface area (TPSA) is 58.7 Å². The molecule has 0 aliphatic carbocycles. The zero-order chi connectivity index (χ0) is 20.2. The maximum absolute atomic E-state index is 13.3. The van der Waals surface area contributed by atoms with Gasteiger partial charge in [-0.05, 0) is 42.3 Å². The van der Waals surface area contributed by atoms with Crippen molar-refractivity contribution < 1.29 is 0 Å². The fraction of sp³-hybridized carbons (Fsp3) is 0.125. The Bertz CT molecular complexity index is 1260. The van der Waals surface area contributed by atoms with Gasteiger partial charge in [0.25, 0.3) is 5.56 Å². The van der Waals surface area contributed by atoms with Gasteiger partial charge in [0, 0.05) is 5.75 Å². The summed E-state index contributed by atoms with van der Waals surface area (Å²) in [5.74, 6) is 0.627. The second kappa shape index (κ2) is 8.34. The van der Waals surface area contributed by atoms with E-state index < -0.39 is 0 Å². The zero-order valence-electron chi connectivity index (χ0n) is 15.9. The van der Waals surface area contributed by atoms with Crippen LogP contribution in [0.4, 0.5) is 0 Å². The van der Waals surface area contributed by atoms with Gasteiger partial charge in [-0.25, -0.2) is 4.98 Å². The summed E-state index contributed by atoms with van der Waals surface area (Å²) in [5.41, 5.74) is 3.36. The molecule has 0 radical (unpaired) electrons. The predicted molar refractivity (Wildman–Crippen MR) is 117 cm³/mol. The first-order chi connectivity index (χ1) is 14.2. The smallest absolute Gasteiger partial charge is 0.262 e. The van der Waals surface area contributed by atoms with Gasteiger partial charge in [0.2, 0.25) is 0 Å². The van der Waals surface area contributed by atoms with Crippen LogP contribution in [0.3, 0.4) is 0 Å². The van der Waals surface area contributed by atoms with E-state index in [1.165, 1.54) is 11.8 Å². The van der Waals surface area contributed by atoms with E-state index in [9.17, 15) is 4.79 Å². The molecule has 1 heterocycles. The first-order valence-corrected chi connectivity index (χ1v) is 10.3. The van der Waals surface area contributed by atoms with Gasteiger partial charge < -0.3 is 0 Å². The van der Waals surface area contributed by atoms with Crippen LogP contribution in [0.1, 0.15) is 29.7 Å². The van der Waals surface area contributed by atoms with Crippen LogP contribution in [0.5, 0.6) is 0 Å². The molecule has 1 aromatic heterocycles. The Hall–Kier alpha value is -3.36. The number of aromatic nitrogens is 2. The Morgan fingerprint density at radius 1 is 1.03 bits per heavy atom. The predicted octanol–water partition coefficient (Wildman–Crippen LogP) is 5.17. The Balaban J connectivity index is 1.79. The Morgan fingerprint density at radius 3 is 2.59 bits per heavy atom. The molecule has 0 aliphatic rings. The van der Waals surface area contributed by atoms with Crippen LogP contribution in [0.2, 0.25) is 0 Å². The molecule has 4 aromatic rings. The standard InChI is InChI=1S/C24H19N3OS/c1-17(20-10-3-2-4-11-20)27-23(28)21-12-5-6-13-22(21)26-24(27)29-16-19-9-7-8-18(14-19)15-25/h2-14,17H,16H2,1H3. The van der Waals surface area contributed by atoms with E-state index in [4.69, 9.17) is 10.2 Å². The summed E-state index contributed by atoms with van der Waals surface area (Å²) >= 11 is 1.51. The Labute approximate surface area is 173 Å². The number of hydrogen-bond acceptors (Lipinski definition) is 4. The second-order valence-corrected chi connectivity index (χ2v) is 7.72. The van der Waals surface area contributed by atoms with E-state index in [0.29, 0.717) is 27.4 Å². The number of rotatable bonds is 5. The van der Waals surface area contributed by atoms with Crippen LogP contribution in [0.25, 0.3) is 10.9 Å². The van der Waals surface area contributed by atoms with Crippen LogP contribution in [0, 0.1) is 11.3 Å². The molecule has 0 aliphatic heterocycles. The first kappa shape index (κ1) is 19.0. The van der Waals surface area contributed by atoms with Gasteiger partial charge >= 0.3 is 0 Å². The van der Waals surface area contributed by atoms with Gasteiger partial charge in [-0.15, -0.1) is 0 Å². The molecule has 0 spiro atoms. The number of nitriles is 1. The molecule has 29 heavy (non-hydrogen) atoms. The van der Waals surface area contributed by atoms with E-state index in [1.807, 2.05) is 79.7 Å². The van der Waals surface area contributed by atoms with Crippen LogP contribution in [-0.4, -0.2) is 9.55 Å². The number of para-hydroxylation sites is 1. The quantitative estimate of drug-likeness (QED) is 0.344. The minimum absolute atomic E-state index is 0.0415. The SMILES string of the molecule is CC(c1ccccc1)n1c(SCc2cccc(C#N)c2)nc2ccccc2c1=O. The first-order valence-electron chi connectivity index (χ1n) is 9.35. The average molecular weight is 398 g/mol. The fourth-order valence-corrected chi connectivity index (χ4v) is 4.35. The lowest BCUT2D eigenvalue weighted by Gasteiger charge is -2.20. The lowest BCUT2D eigenvalue weighted by atomic mass is 10.1. The summed E-state index contributed by atoms with van der Waals surface area (Å²) < 4.78 is 1.77. The number of fused-ring (bicyclic) bond motifs is 1. The van der Waals surface area contributed by atoms with Gasteiger partial charge in [0.15, 0.2) is 5.16 Å². The second-order valence-electron chi connectivity index (χ2n) is 6.77. The lowest BCUT2D eigenvalue weighted by molar-refractivity contribution is 0.548. The molecule has 1 atom stereocenters. The maximum atomic E-state index is 13.3. The minimum Gasteiger partial charge on any atom is -0.280 e. The summed E-state index contributed by atoms with van der Waals surface area (Å²) in [7, 11) is 0. The summed E-state index contributed by atoms with van der Waals surface area (Å²) in [6, 6.07) is 27.0. The summed E-state index contributed by atoms with van der Waals surface area (Å²) in [6.45, 7) is 2.02. The summed E-state index contributed by atoms with van der Waals surface area (Å²) in [6.07, 6.45) is 0. The van der Waals surface area contributed by atoms with Gasteiger partial charge in [-0.2, -0.15) is 5.26 Å². The fourth-order valence-electron chi connectivity index (χ4n) is 3.33. The highest BCUT2D eigenvalue weighted by Gasteiger charge is 2.18. The van der Waals surface area contributed by atoms with Crippen molar-refractivity contribution in [2.24, 2.45) is 0 Å². The molecule has 1 unspecified atom stereocenters. The van der Waals surface area contributed by atoms with Gasteiger partial charge in [-0.1, -0.05) is 66.4 Å². The van der Waals surface area contributed by atoms with Crippen molar-refractivity contribution in [2.75, 3.05) is 0 Å². The molecule has 0 N–H and O–H groups in total. The van der Waals surface area contributed by atoms with Crippen LogP contribution >= 0.6 is 11.8 Å². The molecule has 142 valence electrons. The molecular weight excluding hydrogens is 378 g/mol. The minimum atomic E-state index is -0.145. The van der Waals surface area contributed by atoms with Crippen LogP contribution in [-0.2, 0) is 5.75 Å². The van der Waals surface area contributed by atoms with Crippen molar-refractivity contribution in [3.8, 4) is 6.07 Å². The highest BCUT2D eigenvalue weighted by atomic mass is 32.2. The number of thioether (sulfide) groups is 1. The number of hydrogen-bond donors (Lipinski definition) is 0.